The van der Waals surface area contributed by atoms with Crippen LogP contribution < -0.4 is 9.64 Å². The van der Waals surface area contributed by atoms with E-state index in [9.17, 15) is 4.79 Å². The fraction of sp³-hybridized carbons (Fsp3) is 0.167. The molecule has 7 heteroatoms. The maximum atomic E-state index is 10.8. The molecule has 0 amide bonds. The van der Waals surface area contributed by atoms with Gasteiger partial charge in [-0.3, -0.25) is 0 Å². The second-order valence-corrected chi connectivity index (χ2v) is 5.88. The maximum Gasteiger partial charge on any atom is 0.513 e. The lowest BCUT2D eigenvalue weighted by Gasteiger charge is -2.32. The normalized spacial score (nSPS) is 12.5. The third-order valence-electron chi connectivity index (χ3n) is 4.40. The van der Waals surface area contributed by atoms with Crippen molar-refractivity contribution < 1.29 is 14.6 Å². The highest BCUT2D eigenvalue weighted by molar-refractivity contribution is 5.75. The van der Waals surface area contributed by atoms with Crippen LogP contribution in [0.2, 0.25) is 0 Å². The molecule has 1 aliphatic rings. The number of para-hydroxylation sites is 2. The Kier molecular flexibility index (Phi) is 3.42. The number of carboxylic acid groups (broad SMARTS) is 1. The molecule has 25 heavy (non-hydrogen) atoms. The van der Waals surface area contributed by atoms with E-state index in [2.05, 4.69) is 45.7 Å². The summed E-state index contributed by atoms with van der Waals surface area (Å²) in [6.07, 6.45) is -1.43. The smallest absolute Gasteiger partial charge is 0.449 e. The summed E-state index contributed by atoms with van der Waals surface area (Å²) in [5.74, 6) is 0.621. The van der Waals surface area contributed by atoms with Gasteiger partial charge in [0.05, 0.1) is 17.9 Å². The number of hydrogen-bond acceptors (Lipinski definition) is 5. The molecule has 1 aliphatic heterocycles. The summed E-state index contributed by atoms with van der Waals surface area (Å²) in [4.78, 5) is 17.2. The lowest BCUT2D eigenvalue weighted by atomic mass is 10.1. The average Bonchev–Trinajstić information content (AvgIpc) is 2.98. The first-order valence-electron chi connectivity index (χ1n) is 7.84. The van der Waals surface area contributed by atoms with Gasteiger partial charge in [-0.2, -0.15) is 4.98 Å². The fourth-order valence-corrected chi connectivity index (χ4v) is 3.08. The molecular formula is C18H16N4O3. The van der Waals surface area contributed by atoms with Gasteiger partial charge in [0, 0.05) is 5.69 Å². The molecule has 4 rings (SSSR count). The van der Waals surface area contributed by atoms with Crippen LogP contribution in [0.1, 0.15) is 17.0 Å². The highest BCUT2D eigenvalue weighted by Crippen LogP contribution is 2.38. The lowest BCUT2D eigenvalue weighted by molar-refractivity contribution is 0.140. The minimum atomic E-state index is -1.43. The van der Waals surface area contributed by atoms with Gasteiger partial charge in [-0.05, 0) is 43.2 Å². The number of ether oxygens (including phenoxy) is 1. The predicted molar refractivity (Wildman–Crippen MR) is 91.8 cm³/mol. The molecule has 0 spiro atoms. The third-order valence-corrected chi connectivity index (χ3v) is 4.40. The number of anilines is 2. The van der Waals surface area contributed by atoms with Crippen molar-refractivity contribution in [2.45, 2.75) is 20.4 Å². The van der Waals surface area contributed by atoms with Crippen LogP contribution in [0.5, 0.6) is 6.01 Å². The molecular weight excluding hydrogens is 320 g/mol. The number of nitrogens with zero attached hydrogens (tertiary/aromatic N) is 4. The Hall–Kier alpha value is -3.35. The van der Waals surface area contributed by atoms with Crippen LogP contribution in [0.25, 0.3) is 5.69 Å². The van der Waals surface area contributed by atoms with E-state index in [0.717, 1.165) is 17.1 Å². The minimum Gasteiger partial charge on any atom is -0.449 e. The number of benzene rings is 2. The Balaban J connectivity index is 1.86. The summed E-state index contributed by atoms with van der Waals surface area (Å²) in [5.41, 5.74) is 5.29. The van der Waals surface area contributed by atoms with Crippen molar-refractivity contribution >= 4 is 17.5 Å². The molecule has 3 aromatic rings. The molecule has 0 radical (unpaired) electrons. The van der Waals surface area contributed by atoms with E-state index >= 15 is 0 Å². The van der Waals surface area contributed by atoms with E-state index in [-0.39, 0.29) is 6.01 Å². The van der Waals surface area contributed by atoms with Crippen LogP contribution in [0.3, 0.4) is 0 Å². The van der Waals surface area contributed by atoms with Gasteiger partial charge in [0.25, 0.3) is 0 Å². The standard InChI is InChI=1S/C18H16N4O3/c1-11-6-5-9-13(12(11)2)21-10-16-19-17(25-18(23)24)20-22(16)15-8-4-3-7-14(15)21/h3-9H,10H2,1-2H3,(H,23,24). The molecule has 0 fully saturated rings. The molecule has 2 aromatic carbocycles. The Morgan fingerprint density at radius 2 is 1.80 bits per heavy atom. The molecule has 0 bridgehead atoms. The molecule has 1 aromatic heterocycles. The van der Waals surface area contributed by atoms with E-state index in [0.29, 0.717) is 12.4 Å². The van der Waals surface area contributed by atoms with Gasteiger partial charge in [-0.15, -0.1) is 5.10 Å². The third kappa shape index (κ3) is 2.50. The van der Waals surface area contributed by atoms with E-state index in [1.807, 2.05) is 30.3 Å². The zero-order chi connectivity index (χ0) is 17.6. The Labute approximate surface area is 144 Å². The van der Waals surface area contributed by atoms with Gasteiger partial charge >= 0.3 is 12.2 Å². The van der Waals surface area contributed by atoms with Crippen LogP contribution in [-0.4, -0.2) is 26.0 Å². The van der Waals surface area contributed by atoms with Crippen LogP contribution in [0.15, 0.2) is 42.5 Å². The van der Waals surface area contributed by atoms with Crippen molar-refractivity contribution in [2.24, 2.45) is 0 Å². The molecule has 2 heterocycles. The zero-order valence-corrected chi connectivity index (χ0v) is 13.8. The summed E-state index contributed by atoms with van der Waals surface area (Å²) in [5, 5.41) is 13.0. The highest BCUT2D eigenvalue weighted by Gasteiger charge is 2.27. The maximum absolute atomic E-state index is 10.8. The van der Waals surface area contributed by atoms with Crippen LogP contribution in [0.4, 0.5) is 16.2 Å². The molecule has 0 aliphatic carbocycles. The van der Waals surface area contributed by atoms with Crippen molar-refractivity contribution in [1.29, 1.82) is 0 Å². The molecule has 0 saturated heterocycles. The van der Waals surface area contributed by atoms with Crippen LogP contribution >= 0.6 is 0 Å². The minimum absolute atomic E-state index is 0.167. The number of hydrogen-bond donors (Lipinski definition) is 1. The SMILES string of the molecule is Cc1cccc(N2Cc3nc(OC(=O)O)nn3-c3ccccc32)c1C. The van der Waals surface area contributed by atoms with E-state index < -0.39 is 6.16 Å². The second-order valence-electron chi connectivity index (χ2n) is 5.88. The van der Waals surface area contributed by atoms with E-state index in [4.69, 9.17) is 5.11 Å². The van der Waals surface area contributed by atoms with Gasteiger partial charge in [0.1, 0.15) is 0 Å². The summed E-state index contributed by atoms with van der Waals surface area (Å²) < 4.78 is 6.26. The van der Waals surface area contributed by atoms with Crippen LogP contribution in [-0.2, 0) is 6.54 Å². The number of carbonyl (C=O) groups is 1. The summed E-state index contributed by atoms with van der Waals surface area (Å²) >= 11 is 0. The number of aryl methyl sites for hydroxylation is 1. The van der Waals surface area contributed by atoms with Gasteiger partial charge in [-0.1, -0.05) is 24.3 Å². The molecule has 1 N–H and O–H groups in total. The Morgan fingerprint density at radius 3 is 2.56 bits per heavy atom. The highest BCUT2D eigenvalue weighted by atomic mass is 16.7. The molecule has 0 unspecified atom stereocenters. The Bertz CT molecular complexity index is 980. The summed E-state index contributed by atoms with van der Waals surface area (Å²) in [7, 11) is 0. The lowest BCUT2D eigenvalue weighted by Crippen LogP contribution is -2.26. The number of rotatable bonds is 2. The van der Waals surface area contributed by atoms with Crippen molar-refractivity contribution in [1.82, 2.24) is 14.8 Å². The van der Waals surface area contributed by atoms with Crippen LogP contribution in [0, 0.1) is 13.8 Å². The molecule has 0 saturated carbocycles. The average molecular weight is 336 g/mol. The quantitative estimate of drug-likeness (QED) is 0.720. The molecule has 0 atom stereocenters. The van der Waals surface area contributed by atoms with Crippen molar-refractivity contribution in [2.75, 3.05) is 4.90 Å². The van der Waals surface area contributed by atoms with Crippen molar-refractivity contribution in [3.8, 4) is 11.7 Å². The monoisotopic (exact) mass is 336 g/mol. The van der Waals surface area contributed by atoms with E-state index in [1.165, 1.54) is 11.1 Å². The zero-order valence-electron chi connectivity index (χ0n) is 13.8. The molecule has 126 valence electrons. The second kappa shape index (κ2) is 5.62. The summed E-state index contributed by atoms with van der Waals surface area (Å²) in [6, 6.07) is 13.8. The number of aromatic nitrogens is 3. The number of fused-ring (bicyclic) bond motifs is 3. The summed E-state index contributed by atoms with van der Waals surface area (Å²) in [6.45, 7) is 4.64. The molecule has 7 nitrogen and oxygen atoms in total. The van der Waals surface area contributed by atoms with Crippen molar-refractivity contribution in [3.63, 3.8) is 0 Å². The van der Waals surface area contributed by atoms with E-state index in [1.54, 1.807) is 4.68 Å². The van der Waals surface area contributed by atoms with Gasteiger partial charge in [-0.25, -0.2) is 9.48 Å². The fourth-order valence-electron chi connectivity index (χ4n) is 3.08. The van der Waals surface area contributed by atoms with Crippen molar-refractivity contribution in [3.05, 3.63) is 59.4 Å². The first kappa shape index (κ1) is 15.2. The topological polar surface area (TPSA) is 80.5 Å². The van der Waals surface area contributed by atoms with Gasteiger partial charge < -0.3 is 14.7 Å². The largest absolute Gasteiger partial charge is 0.513 e. The van der Waals surface area contributed by atoms with Gasteiger partial charge in [0.2, 0.25) is 0 Å². The van der Waals surface area contributed by atoms with Gasteiger partial charge in [0.15, 0.2) is 5.82 Å². The first-order chi connectivity index (χ1) is 12.0. The predicted octanol–water partition coefficient (Wildman–Crippen LogP) is 3.59. The first-order valence-corrected chi connectivity index (χ1v) is 7.84. The Morgan fingerprint density at radius 1 is 1.08 bits per heavy atom.